The molecule has 2 aromatic rings. The normalized spacial score (nSPS) is 14.6. The molecule has 1 fully saturated rings. The third kappa shape index (κ3) is 4.47. The largest absolute Gasteiger partial charge is 0.494 e. The summed E-state index contributed by atoms with van der Waals surface area (Å²) < 4.78 is 5.74. The second-order valence-electron chi connectivity index (χ2n) is 6.72. The number of aryl methyl sites for hydroxylation is 1. The molecule has 0 bridgehead atoms. The molecule has 0 amide bonds. The highest BCUT2D eigenvalue weighted by atomic mass is 16.5. The SMILES string of the molecule is CCOc1cc(CN(c2ncc(C#N)c(N)n2)C2CCNCC2)ccc1C. The van der Waals surface area contributed by atoms with Gasteiger partial charge in [-0.25, -0.2) is 4.98 Å². The van der Waals surface area contributed by atoms with Crippen molar-refractivity contribution in [3.05, 3.63) is 41.1 Å². The molecule has 1 aromatic heterocycles. The molecule has 0 saturated carbocycles. The Hall–Kier alpha value is -2.85. The van der Waals surface area contributed by atoms with Gasteiger partial charge in [-0.05, 0) is 57.0 Å². The first-order chi connectivity index (χ1) is 13.1. The van der Waals surface area contributed by atoms with Gasteiger partial charge in [-0.15, -0.1) is 0 Å². The minimum Gasteiger partial charge on any atom is -0.494 e. The Morgan fingerprint density at radius 3 is 2.81 bits per heavy atom. The van der Waals surface area contributed by atoms with Crippen LogP contribution in [0.1, 0.15) is 36.5 Å². The van der Waals surface area contributed by atoms with E-state index in [0.717, 1.165) is 42.8 Å². The molecular weight excluding hydrogens is 340 g/mol. The van der Waals surface area contributed by atoms with E-state index in [2.05, 4.69) is 38.4 Å². The molecule has 1 saturated heterocycles. The zero-order chi connectivity index (χ0) is 19.2. The lowest BCUT2D eigenvalue weighted by Crippen LogP contribution is -2.43. The summed E-state index contributed by atoms with van der Waals surface area (Å²) in [6.45, 7) is 7.26. The molecule has 3 N–H and O–H groups in total. The summed E-state index contributed by atoms with van der Waals surface area (Å²) in [6.07, 6.45) is 3.52. The van der Waals surface area contributed by atoms with Gasteiger partial charge in [0, 0.05) is 12.6 Å². The zero-order valence-corrected chi connectivity index (χ0v) is 15.9. The number of anilines is 2. The number of piperidine rings is 1. The van der Waals surface area contributed by atoms with Gasteiger partial charge < -0.3 is 20.7 Å². The fourth-order valence-electron chi connectivity index (χ4n) is 3.34. The minimum absolute atomic E-state index is 0.223. The van der Waals surface area contributed by atoms with Crippen LogP contribution in [0.15, 0.2) is 24.4 Å². The highest BCUT2D eigenvalue weighted by Crippen LogP contribution is 2.25. The zero-order valence-electron chi connectivity index (χ0n) is 15.9. The van der Waals surface area contributed by atoms with Crippen LogP contribution in [0.25, 0.3) is 0 Å². The lowest BCUT2D eigenvalue weighted by molar-refractivity contribution is 0.337. The van der Waals surface area contributed by atoms with E-state index in [9.17, 15) is 0 Å². The monoisotopic (exact) mass is 366 g/mol. The average molecular weight is 366 g/mol. The van der Waals surface area contributed by atoms with Crippen molar-refractivity contribution in [2.24, 2.45) is 0 Å². The maximum absolute atomic E-state index is 9.09. The van der Waals surface area contributed by atoms with Gasteiger partial charge in [-0.2, -0.15) is 10.2 Å². The molecule has 0 radical (unpaired) electrons. The number of rotatable bonds is 6. The molecule has 142 valence electrons. The second kappa shape index (κ2) is 8.69. The first-order valence-electron chi connectivity index (χ1n) is 9.34. The molecule has 27 heavy (non-hydrogen) atoms. The van der Waals surface area contributed by atoms with Crippen molar-refractivity contribution in [3.63, 3.8) is 0 Å². The number of nitrogens with two attached hydrogens (primary N) is 1. The van der Waals surface area contributed by atoms with Crippen molar-refractivity contribution >= 4 is 11.8 Å². The topological polar surface area (TPSA) is 100 Å². The lowest BCUT2D eigenvalue weighted by atomic mass is 10.0. The van der Waals surface area contributed by atoms with Crippen LogP contribution >= 0.6 is 0 Å². The van der Waals surface area contributed by atoms with Gasteiger partial charge in [0.15, 0.2) is 0 Å². The minimum atomic E-state index is 0.223. The molecule has 1 aliphatic heterocycles. The predicted octanol–water partition coefficient (Wildman–Crippen LogP) is 2.40. The van der Waals surface area contributed by atoms with Gasteiger partial charge in [0.25, 0.3) is 0 Å². The average Bonchev–Trinajstić information content (AvgIpc) is 2.69. The summed E-state index contributed by atoms with van der Waals surface area (Å²) in [4.78, 5) is 11.0. The summed E-state index contributed by atoms with van der Waals surface area (Å²) in [5.74, 6) is 1.69. The second-order valence-corrected chi connectivity index (χ2v) is 6.72. The molecule has 0 unspecified atom stereocenters. The number of aromatic nitrogens is 2. The maximum Gasteiger partial charge on any atom is 0.227 e. The van der Waals surface area contributed by atoms with Crippen molar-refractivity contribution in [1.82, 2.24) is 15.3 Å². The fourth-order valence-corrected chi connectivity index (χ4v) is 3.34. The van der Waals surface area contributed by atoms with E-state index < -0.39 is 0 Å². The first kappa shape index (κ1) is 18.9. The summed E-state index contributed by atoms with van der Waals surface area (Å²) in [6, 6.07) is 8.61. The van der Waals surface area contributed by atoms with Crippen LogP contribution < -0.4 is 20.7 Å². The third-order valence-electron chi connectivity index (χ3n) is 4.84. The molecule has 0 spiro atoms. The molecule has 1 aliphatic rings. The van der Waals surface area contributed by atoms with Crippen molar-refractivity contribution in [2.75, 3.05) is 30.3 Å². The Kier molecular flexibility index (Phi) is 6.09. The van der Waals surface area contributed by atoms with Gasteiger partial charge in [0.2, 0.25) is 5.95 Å². The van der Waals surface area contributed by atoms with Gasteiger partial charge in [-0.3, -0.25) is 0 Å². The highest BCUT2D eigenvalue weighted by Gasteiger charge is 2.24. The summed E-state index contributed by atoms with van der Waals surface area (Å²) in [7, 11) is 0. The van der Waals surface area contributed by atoms with Gasteiger partial charge in [-0.1, -0.05) is 12.1 Å². The van der Waals surface area contributed by atoms with Gasteiger partial charge >= 0.3 is 0 Å². The fraction of sp³-hybridized carbons (Fsp3) is 0.450. The third-order valence-corrected chi connectivity index (χ3v) is 4.84. The summed E-state index contributed by atoms with van der Waals surface area (Å²) in [5.41, 5.74) is 8.50. The van der Waals surface area contributed by atoms with Crippen molar-refractivity contribution in [3.8, 4) is 11.8 Å². The summed E-state index contributed by atoms with van der Waals surface area (Å²) >= 11 is 0. The van der Waals surface area contributed by atoms with Crippen molar-refractivity contribution in [1.29, 1.82) is 5.26 Å². The number of ether oxygens (including phenoxy) is 1. The van der Waals surface area contributed by atoms with Crippen LogP contribution in [0.2, 0.25) is 0 Å². The van der Waals surface area contributed by atoms with Crippen LogP contribution in [-0.4, -0.2) is 35.7 Å². The van der Waals surface area contributed by atoms with Crippen LogP contribution in [0.3, 0.4) is 0 Å². The van der Waals surface area contributed by atoms with Crippen molar-refractivity contribution in [2.45, 2.75) is 39.3 Å². The van der Waals surface area contributed by atoms with Crippen LogP contribution in [0, 0.1) is 18.3 Å². The van der Waals surface area contributed by atoms with Crippen LogP contribution in [-0.2, 0) is 6.54 Å². The van der Waals surface area contributed by atoms with Crippen molar-refractivity contribution < 1.29 is 4.74 Å². The van der Waals surface area contributed by atoms with Crippen LogP contribution in [0.4, 0.5) is 11.8 Å². The molecule has 0 atom stereocenters. The summed E-state index contributed by atoms with van der Waals surface area (Å²) in [5, 5.41) is 12.5. The number of nitrogens with zero attached hydrogens (tertiary/aromatic N) is 4. The van der Waals surface area contributed by atoms with Gasteiger partial charge in [0.1, 0.15) is 23.2 Å². The Bertz CT molecular complexity index is 826. The standard InChI is InChI=1S/C20H26N6O/c1-3-27-18-10-15(5-4-14(18)2)13-26(17-6-8-23-9-7-17)20-24-12-16(11-21)19(22)25-20/h4-5,10,12,17,23H,3,6-9,13H2,1-2H3,(H2,22,24,25). The van der Waals surface area contributed by atoms with Crippen LogP contribution in [0.5, 0.6) is 5.75 Å². The molecule has 3 rings (SSSR count). The number of hydrogen-bond acceptors (Lipinski definition) is 7. The Balaban J connectivity index is 1.92. The van der Waals surface area contributed by atoms with E-state index in [0.29, 0.717) is 30.7 Å². The first-order valence-corrected chi connectivity index (χ1v) is 9.34. The molecule has 2 heterocycles. The van der Waals surface area contributed by atoms with E-state index in [1.807, 2.05) is 19.9 Å². The Labute approximate surface area is 160 Å². The number of nitrogens with one attached hydrogen (secondary N) is 1. The number of nitrogen functional groups attached to an aromatic ring is 1. The van der Waals surface area contributed by atoms with E-state index in [1.165, 1.54) is 6.20 Å². The molecule has 7 nitrogen and oxygen atoms in total. The van der Waals surface area contributed by atoms with E-state index in [-0.39, 0.29) is 5.82 Å². The smallest absolute Gasteiger partial charge is 0.227 e. The quantitative estimate of drug-likeness (QED) is 0.809. The molecular formula is C20H26N6O. The molecule has 0 aliphatic carbocycles. The molecule has 1 aromatic carbocycles. The number of hydrogen-bond donors (Lipinski definition) is 2. The maximum atomic E-state index is 9.09. The molecule has 7 heteroatoms. The Morgan fingerprint density at radius 1 is 1.37 bits per heavy atom. The lowest BCUT2D eigenvalue weighted by Gasteiger charge is -2.35. The Morgan fingerprint density at radius 2 is 2.15 bits per heavy atom. The van der Waals surface area contributed by atoms with E-state index >= 15 is 0 Å². The number of benzene rings is 1. The van der Waals surface area contributed by atoms with Gasteiger partial charge in [0.05, 0.1) is 12.8 Å². The highest BCUT2D eigenvalue weighted by molar-refractivity contribution is 5.51. The van der Waals surface area contributed by atoms with E-state index in [4.69, 9.17) is 15.7 Å². The predicted molar refractivity (Wildman–Crippen MR) is 106 cm³/mol. The number of nitriles is 1. The van der Waals surface area contributed by atoms with E-state index in [1.54, 1.807) is 0 Å².